The van der Waals surface area contributed by atoms with Crippen molar-refractivity contribution in [2.45, 2.75) is 19.9 Å². The minimum absolute atomic E-state index is 0.0420. The van der Waals surface area contributed by atoms with Gasteiger partial charge in [0.15, 0.2) is 0 Å². The van der Waals surface area contributed by atoms with E-state index in [-0.39, 0.29) is 11.8 Å². The number of carbonyl (C=O) groups is 2. The molecule has 0 aromatic heterocycles. The molecular weight excluding hydrogens is 448 g/mol. The maximum Gasteiger partial charge on any atom is 0.293 e. The van der Waals surface area contributed by atoms with Crippen LogP contribution in [0, 0.1) is 17.8 Å². The maximum atomic E-state index is 13.2. The largest absolute Gasteiger partial charge is 0.359 e. The van der Waals surface area contributed by atoms with Gasteiger partial charge in [-0.2, -0.15) is 0 Å². The summed E-state index contributed by atoms with van der Waals surface area (Å²) in [5, 5.41) is 6.53. The summed E-state index contributed by atoms with van der Waals surface area (Å²) in [7, 11) is 4.08. The smallest absolute Gasteiger partial charge is 0.293 e. The van der Waals surface area contributed by atoms with E-state index in [1.54, 1.807) is 0 Å². The number of benzene rings is 3. The lowest BCUT2D eigenvalue weighted by Crippen LogP contribution is -2.11. The Kier molecular flexibility index (Phi) is 7.53. The third-order valence-corrected chi connectivity index (χ3v) is 5.85. The Morgan fingerprint density at radius 2 is 1.72 bits per heavy atom. The van der Waals surface area contributed by atoms with Crippen LogP contribution in [0.25, 0.3) is 11.3 Å². The van der Waals surface area contributed by atoms with Crippen molar-refractivity contribution in [2.75, 3.05) is 24.7 Å². The Labute approximate surface area is 212 Å². The highest BCUT2D eigenvalue weighted by Crippen LogP contribution is 2.38. The van der Waals surface area contributed by atoms with Crippen LogP contribution in [0.5, 0.6) is 0 Å². The number of amides is 2. The van der Waals surface area contributed by atoms with Crippen LogP contribution in [-0.2, 0) is 22.6 Å². The first kappa shape index (κ1) is 24.8. The van der Waals surface area contributed by atoms with Gasteiger partial charge in [0.2, 0.25) is 0 Å². The number of hydrogen-bond donors (Lipinski definition) is 3. The molecule has 3 aromatic carbocycles. The van der Waals surface area contributed by atoms with E-state index < -0.39 is 5.91 Å². The second-order valence-electron chi connectivity index (χ2n) is 9.25. The Hall–Kier alpha value is -4.34. The molecule has 0 saturated carbocycles. The van der Waals surface area contributed by atoms with Gasteiger partial charge in [0.25, 0.3) is 11.8 Å². The number of fused-ring (bicyclic) bond motifs is 1. The van der Waals surface area contributed by atoms with Gasteiger partial charge < -0.3 is 21.3 Å². The first-order valence-electron chi connectivity index (χ1n) is 11.9. The Bertz CT molecular complexity index is 1360. The molecule has 1 heterocycles. The van der Waals surface area contributed by atoms with Gasteiger partial charge in [0.05, 0.1) is 11.3 Å². The molecule has 6 nitrogen and oxygen atoms in total. The normalized spacial score (nSPS) is 14.4. The predicted octanol–water partition coefficient (Wildman–Crippen LogP) is 4.35. The SMILES string of the molecule is CC(C#CC(N)=O)Cc1ccc2c(c1)NC(=O)C2=C(Nc1ccc(CN(C)C)cc1)c1ccccc1. The highest BCUT2D eigenvalue weighted by molar-refractivity contribution is 6.37. The van der Waals surface area contributed by atoms with Gasteiger partial charge in [-0.3, -0.25) is 9.59 Å². The van der Waals surface area contributed by atoms with E-state index in [0.29, 0.717) is 12.0 Å². The predicted molar refractivity (Wildman–Crippen MR) is 146 cm³/mol. The fourth-order valence-corrected chi connectivity index (χ4v) is 4.28. The zero-order valence-electron chi connectivity index (χ0n) is 20.8. The summed E-state index contributed by atoms with van der Waals surface area (Å²) in [6.45, 7) is 2.80. The van der Waals surface area contributed by atoms with E-state index in [2.05, 4.69) is 39.5 Å². The third kappa shape index (κ3) is 6.01. The van der Waals surface area contributed by atoms with Gasteiger partial charge in [-0.25, -0.2) is 0 Å². The van der Waals surface area contributed by atoms with E-state index in [4.69, 9.17) is 5.73 Å². The Morgan fingerprint density at radius 3 is 2.39 bits per heavy atom. The molecule has 1 atom stereocenters. The molecule has 4 rings (SSSR count). The molecule has 2 amide bonds. The lowest BCUT2D eigenvalue weighted by atomic mass is 9.96. The first-order valence-corrected chi connectivity index (χ1v) is 11.9. The van der Waals surface area contributed by atoms with Gasteiger partial charge in [-0.15, -0.1) is 0 Å². The fraction of sp³-hybridized carbons (Fsp3) is 0.200. The summed E-state index contributed by atoms with van der Waals surface area (Å²) < 4.78 is 0. The molecule has 0 saturated heterocycles. The average Bonchev–Trinajstić information content (AvgIpc) is 3.17. The van der Waals surface area contributed by atoms with Crippen molar-refractivity contribution < 1.29 is 9.59 Å². The zero-order chi connectivity index (χ0) is 25.7. The lowest BCUT2D eigenvalue weighted by Gasteiger charge is -2.16. The number of nitrogens with two attached hydrogens (primary N) is 1. The fourth-order valence-electron chi connectivity index (χ4n) is 4.28. The van der Waals surface area contributed by atoms with Crippen molar-refractivity contribution in [1.29, 1.82) is 0 Å². The van der Waals surface area contributed by atoms with Gasteiger partial charge in [0, 0.05) is 29.4 Å². The van der Waals surface area contributed by atoms with E-state index in [0.717, 1.165) is 40.3 Å². The molecule has 1 unspecified atom stereocenters. The second kappa shape index (κ2) is 10.9. The summed E-state index contributed by atoms with van der Waals surface area (Å²) in [6.07, 6.45) is 0.644. The number of nitrogens with one attached hydrogen (secondary N) is 2. The van der Waals surface area contributed by atoms with E-state index in [1.807, 2.05) is 81.7 Å². The van der Waals surface area contributed by atoms with Crippen LogP contribution < -0.4 is 16.4 Å². The molecule has 3 aromatic rings. The number of anilines is 2. The van der Waals surface area contributed by atoms with Crippen molar-refractivity contribution >= 4 is 34.5 Å². The van der Waals surface area contributed by atoms with Gasteiger partial charge in [-0.1, -0.05) is 67.4 Å². The molecule has 0 fully saturated rings. The molecule has 36 heavy (non-hydrogen) atoms. The van der Waals surface area contributed by atoms with E-state index in [1.165, 1.54) is 5.56 Å². The highest BCUT2D eigenvalue weighted by Gasteiger charge is 2.28. The standard InChI is InChI=1S/C30H30N4O2/c1-20(9-16-27(31)35)17-22-12-15-25-26(18-22)33-30(36)28(25)29(23-7-5-4-6-8-23)32-24-13-10-21(11-14-24)19-34(2)3/h4-8,10-15,18,20,32H,17,19H2,1-3H3,(H2,31,35)(H,33,36). The minimum atomic E-state index is -0.633. The number of primary amides is 1. The summed E-state index contributed by atoms with van der Waals surface area (Å²) in [5.74, 6) is 4.44. The minimum Gasteiger partial charge on any atom is -0.359 e. The number of nitrogens with zero attached hydrogens (tertiary/aromatic N) is 1. The molecule has 1 aliphatic heterocycles. The highest BCUT2D eigenvalue weighted by atomic mass is 16.2. The summed E-state index contributed by atoms with van der Waals surface area (Å²) in [5.41, 5.74) is 12.1. The van der Waals surface area contributed by atoms with Crippen LogP contribution in [-0.4, -0.2) is 30.8 Å². The van der Waals surface area contributed by atoms with Crippen LogP contribution in [0.1, 0.15) is 29.2 Å². The monoisotopic (exact) mass is 478 g/mol. The first-order chi connectivity index (χ1) is 17.3. The Morgan fingerprint density at radius 1 is 1.03 bits per heavy atom. The van der Waals surface area contributed by atoms with Gasteiger partial charge >= 0.3 is 0 Å². The summed E-state index contributed by atoms with van der Waals surface area (Å²) in [4.78, 5) is 26.3. The number of carbonyl (C=O) groups excluding carboxylic acids is 2. The molecule has 0 radical (unpaired) electrons. The molecule has 4 N–H and O–H groups in total. The number of rotatable bonds is 7. The second-order valence-corrected chi connectivity index (χ2v) is 9.25. The topological polar surface area (TPSA) is 87.5 Å². The molecular formula is C30H30N4O2. The van der Waals surface area contributed by atoms with Gasteiger partial charge in [-0.05, 0) is 61.3 Å². The third-order valence-electron chi connectivity index (χ3n) is 5.85. The molecule has 0 bridgehead atoms. The van der Waals surface area contributed by atoms with Crippen molar-refractivity contribution in [3.05, 3.63) is 95.1 Å². The number of hydrogen-bond acceptors (Lipinski definition) is 4. The molecule has 182 valence electrons. The lowest BCUT2D eigenvalue weighted by molar-refractivity contribution is -0.113. The zero-order valence-corrected chi connectivity index (χ0v) is 20.8. The Balaban J connectivity index is 1.69. The van der Waals surface area contributed by atoms with Crippen molar-refractivity contribution in [1.82, 2.24) is 4.90 Å². The summed E-state index contributed by atoms with van der Waals surface area (Å²) >= 11 is 0. The van der Waals surface area contributed by atoms with Crippen LogP contribution in [0.2, 0.25) is 0 Å². The molecule has 0 aliphatic carbocycles. The molecule has 6 heteroatoms. The van der Waals surface area contributed by atoms with Crippen LogP contribution >= 0.6 is 0 Å². The van der Waals surface area contributed by atoms with E-state index in [9.17, 15) is 9.59 Å². The molecule has 0 spiro atoms. The average molecular weight is 479 g/mol. The van der Waals surface area contributed by atoms with Crippen molar-refractivity contribution in [3.63, 3.8) is 0 Å². The van der Waals surface area contributed by atoms with Crippen LogP contribution in [0.4, 0.5) is 11.4 Å². The summed E-state index contributed by atoms with van der Waals surface area (Å²) in [6, 6.07) is 24.1. The van der Waals surface area contributed by atoms with E-state index >= 15 is 0 Å². The van der Waals surface area contributed by atoms with Crippen molar-refractivity contribution in [3.8, 4) is 11.8 Å². The van der Waals surface area contributed by atoms with Gasteiger partial charge in [0.1, 0.15) is 0 Å². The van der Waals surface area contributed by atoms with Crippen LogP contribution in [0.3, 0.4) is 0 Å². The molecule has 1 aliphatic rings. The van der Waals surface area contributed by atoms with Crippen molar-refractivity contribution in [2.24, 2.45) is 11.7 Å². The maximum absolute atomic E-state index is 13.2. The quantitative estimate of drug-likeness (QED) is 0.348. The van der Waals surface area contributed by atoms with Crippen LogP contribution in [0.15, 0.2) is 72.8 Å².